The molecule has 104 valence electrons. The van der Waals surface area contributed by atoms with Crippen molar-refractivity contribution in [1.29, 1.82) is 0 Å². The zero-order valence-corrected chi connectivity index (χ0v) is 11.9. The molecule has 1 saturated carbocycles. The minimum atomic E-state index is 0.740. The standard InChI is InChI=1S/C18H22N2/c1-2-6-17(5-1)18(12-15-7-10-19-11-8-15)13-16-4-3-9-20-14-16/h3-4,7-11,14,17-18H,1-2,5-6,12-13H2. The highest BCUT2D eigenvalue weighted by Crippen LogP contribution is 2.35. The molecule has 2 aromatic rings. The third-order valence-corrected chi connectivity index (χ3v) is 4.53. The number of nitrogens with zero attached hydrogens (tertiary/aromatic N) is 2. The Balaban J connectivity index is 1.73. The highest BCUT2D eigenvalue weighted by molar-refractivity contribution is 5.14. The van der Waals surface area contributed by atoms with Gasteiger partial charge in [0.15, 0.2) is 0 Å². The lowest BCUT2D eigenvalue weighted by molar-refractivity contribution is 0.334. The van der Waals surface area contributed by atoms with Crippen LogP contribution in [-0.2, 0) is 12.8 Å². The van der Waals surface area contributed by atoms with Crippen molar-refractivity contribution in [3.05, 3.63) is 60.2 Å². The van der Waals surface area contributed by atoms with E-state index in [4.69, 9.17) is 0 Å². The van der Waals surface area contributed by atoms with E-state index in [1.807, 2.05) is 30.9 Å². The van der Waals surface area contributed by atoms with Gasteiger partial charge < -0.3 is 0 Å². The molecule has 2 heterocycles. The topological polar surface area (TPSA) is 25.8 Å². The summed E-state index contributed by atoms with van der Waals surface area (Å²) in [6.45, 7) is 0. The van der Waals surface area contributed by atoms with Gasteiger partial charge in [0.1, 0.15) is 0 Å². The molecule has 2 heteroatoms. The minimum absolute atomic E-state index is 0.740. The van der Waals surface area contributed by atoms with E-state index < -0.39 is 0 Å². The Bertz CT molecular complexity index is 462. The molecule has 1 fully saturated rings. The van der Waals surface area contributed by atoms with Gasteiger partial charge in [0, 0.05) is 24.8 Å². The molecule has 0 N–H and O–H groups in total. The molecular formula is C18H22N2. The van der Waals surface area contributed by atoms with E-state index >= 15 is 0 Å². The summed E-state index contributed by atoms with van der Waals surface area (Å²) in [5.74, 6) is 1.62. The molecule has 3 rings (SSSR count). The van der Waals surface area contributed by atoms with Gasteiger partial charge in [0.2, 0.25) is 0 Å². The molecule has 0 amide bonds. The molecule has 2 aromatic heterocycles. The molecule has 0 radical (unpaired) electrons. The smallest absolute Gasteiger partial charge is 0.0299 e. The molecule has 1 aliphatic rings. The van der Waals surface area contributed by atoms with Crippen molar-refractivity contribution in [3.8, 4) is 0 Å². The van der Waals surface area contributed by atoms with Gasteiger partial charge in [-0.05, 0) is 54.0 Å². The maximum atomic E-state index is 4.26. The summed E-state index contributed by atoms with van der Waals surface area (Å²) >= 11 is 0. The predicted molar refractivity (Wildman–Crippen MR) is 81.3 cm³/mol. The van der Waals surface area contributed by atoms with Crippen LogP contribution in [-0.4, -0.2) is 9.97 Å². The molecule has 1 unspecified atom stereocenters. The Morgan fingerprint density at radius 2 is 1.65 bits per heavy atom. The second kappa shape index (κ2) is 6.65. The fourth-order valence-corrected chi connectivity index (χ4v) is 3.48. The van der Waals surface area contributed by atoms with E-state index in [2.05, 4.69) is 28.2 Å². The van der Waals surface area contributed by atoms with E-state index in [-0.39, 0.29) is 0 Å². The van der Waals surface area contributed by atoms with Crippen LogP contribution >= 0.6 is 0 Å². The largest absolute Gasteiger partial charge is 0.265 e. The second-order valence-corrected chi connectivity index (χ2v) is 5.93. The molecule has 1 atom stereocenters. The van der Waals surface area contributed by atoms with E-state index in [1.165, 1.54) is 43.2 Å². The second-order valence-electron chi connectivity index (χ2n) is 5.93. The summed E-state index contributed by atoms with van der Waals surface area (Å²) in [6, 6.07) is 8.57. The lowest BCUT2D eigenvalue weighted by Crippen LogP contribution is -2.17. The van der Waals surface area contributed by atoms with Crippen molar-refractivity contribution < 1.29 is 0 Å². The quantitative estimate of drug-likeness (QED) is 0.815. The van der Waals surface area contributed by atoms with Crippen LogP contribution in [0.3, 0.4) is 0 Å². The van der Waals surface area contributed by atoms with Crippen LogP contribution in [0.4, 0.5) is 0 Å². The first-order chi connectivity index (χ1) is 9.92. The van der Waals surface area contributed by atoms with Crippen molar-refractivity contribution in [2.45, 2.75) is 38.5 Å². The Morgan fingerprint density at radius 1 is 0.900 bits per heavy atom. The Kier molecular flexibility index (Phi) is 4.42. The number of aromatic nitrogens is 2. The lowest BCUT2D eigenvalue weighted by atomic mass is 9.82. The summed E-state index contributed by atoms with van der Waals surface area (Å²) in [5, 5.41) is 0. The molecule has 1 aliphatic carbocycles. The normalized spacial score (nSPS) is 17.2. The minimum Gasteiger partial charge on any atom is -0.265 e. The van der Waals surface area contributed by atoms with Gasteiger partial charge in [0.05, 0.1) is 0 Å². The lowest BCUT2D eigenvalue weighted by Gasteiger charge is -2.23. The highest BCUT2D eigenvalue weighted by atomic mass is 14.6. The van der Waals surface area contributed by atoms with E-state index in [0.29, 0.717) is 0 Å². The summed E-state index contributed by atoms with van der Waals surface area (Å²) < 4.78 is 0. The average molecular weight is 266 g/mol. The Labute approximate surface area is 121 Å². The van der Waals surface area contributed by atoms with Crippen LogP contribution in [0.15, 0.2) is 49.1 Å². The van der Waals surface area contributed by atoms with Gasteiger partial charge in [-0.1, -0.05) is 31.7 Å². The molecule has 0 bridgehead atoms. The summed E-state index contributed by atoms with van der Waals surface area (Å²) in [5.41, 5.74) is 2.79. The first-order valence-corrected chi connectivity index (χ1v) is 7.69. The Morgan fingerprint density at radius 3 is 2.35 bits per heavy atom. The SMILES string of the molecule is c1cncc(CC(Cc2ccncc2)C2CCCC2)c1. The predicted octanol–water partition coefficient (Wildman–Crippen LogP) is 4.07. The first-order valence-electron chi connectivity index (χ1n) is 7.69. The van der Waals surface area contributed by atoms with E-state index in [0.717, 1.165) is 18.3 Å². The average Bonchev–Trinajstić information content (AvgIpc) is 3.03. The maximum absolute atomic E-state index is 4.26. The molecule has 20 heavy (non-hydrogen) atoms. The van der Waals surface area contributed by atoms with Gasteiger partial charge in [-0.3, -0.25) is 9.97 Å². The Hall–Kier alpha value is -1.70. The third-order valence-electron chi connectivity index (χ3n) is 4.53. The maximum Gasteiger partial charge on any atom is 0.0299 e. The van der Waals surface area contributed by atoms with Crippen molar-refractivity contribution >= 4 is 0 Å². The van der Waals surface area contributed by atoms with Gasteiger partial charge >= 0.3 is 0 Å². The van der Waals surface area contributed by atoms with Crippen molar-refractivity contribution in [2.24, 2.45) is 11.8 Å². The number of rotatable bonds is 5. The van der Waals surface area contributed by atoms with Crippen LogP contribution < -0.4 is 0 Å². The van der Waals surface area contributed by atoms with Crippen LogP contribution in [0.1, 0.15) is 36.8 Å². The molecule has 0 aromatic carbocycles. The number of hydrogen-bond acceptors (Lipinski definition) is 2. The first kappa shape index (κ1) is 13.3. The number of pyridine rings is 2. The molecule has 0 saturated heterocycles. The van der Waals surface area contributed by atoms with Gasteiger partial charge in [-0.15, -0.1) is 0 Å². The molecule has 2 nitrogen and oxygen atoms in total. The van der Waals surface area contributed by atoms with Crippen molar-refractivity contribution in [3.63, 3.8) is 0 Å². The highest BCUT2D eigenvalue weighted by Gasteiger charge is 2.25. The third kappa shape index (κ3) is 3.44. The van der Waals surface area contributed by atoms with E-state index in [9.17, 15) is 0 Å². The van der Waals surface area contributed by atoms with Crippen LogP contribution in [0, 0.1) is 11.8 Å². The summed E-state index contributed by atoms with van der Waals surface area (Å²) in [7, 11) is 0. The molecule has 0 aliphatic heterocycles. The fourth-order valence-electron chi connectivity index (χ4n) is 3.48. The monoisotopic (exact) mass is 266 g/mol. The van der Waals surface area contributed by atoms with Gasteiger partial charge in [-0.2, -0.15) is 0 Å². The molecule has 0 spiro atoms. The van der Waals surface area contributed by atoms with Gasteiger partial charge in [-0.25, -0.2) is 0 Å². The fraction of sp³-hybridized carbons (Fsp3) is 0.444. The van der Waals surface area contributed by atoms with Crippen molar-refractivity contribution in [2.75, 3.05) is 0 Å². The number of hydrogen-bond donors (Lipinski definition) is 0. The zero-order valence-electron chi connectivity index (χ0n) is 11.9. The van der Waals surface area contributed by atoms with Crippen LogP contribution in [0.5, 0.6) is 0 Å². The molecular weight excluding hydrogens is 244 g/mol. The van der Waals surface area contributed by atoms with Crippen LogP contribution in [0.25, 0.3) is 0 Å². The van der Waals surface area contributed by atoms with Crippen molar-refractivity contribution in [1.82, 2.24) is 9.97 Å². The summed E-state index contributed by atoms with van der Waals surface area (Å²) in [4.78, 5) is 8.39. The summed E-state index contributed by atoms with van der Waals surface area (Å²) in [6.07, 6.45) is 15.6. The van der Waals surface area contributed by atoms with E-state index in [1.54, 1.807) is 0 Å². The van der Waals surface area contributed by atoms with Crippen LogP contribution in [0.2, 0.25) is 0 Å². The van der Waals surface area contributed by atoms with Gasteiger partial charge in [0.25, 0.3) is 0 Å². The zero-order chi connectivity index (χ0) is 13.6.